The Morgan fingerprint density at radius 3 is 2.65 bits per heavy atom. The van der Waals surface area contributed by atoms with Crippen LogP contribution in [0.2, 0.25) is 0 Å². The van der Waals surface area contributed by atoms with Crippen LogP contribution in [0.1, 0.15) is 12.0 Å². The van der Waals surface area contributed by atoms with Crippen molar-refractivity contribution < 1.29 is 5.11 Å². The Balaban J connectivity index is 2.47. The first kappa shape index (κ1) is 11.6. The molecular formula is C11H12N4O2. The number of nitroso groups, excluding NO2 is 1. The second kappa shape index (κ2) is 4.52. The third-order valence-corrected chi connectivity index (χ3v) is 2.59. The molecule has 1 aromatic carbocycles. The number of aliphatic hydroxyl groups is 1. The van der Waals surface area contributed by atoms with Gasteiger partial charge in [0.1, 0.15) is 5.70 Å². The van der Waals surface area contributed by atoms with Crippen molar-refractivity contribution in [1.82, 2.24) is 0 Å². The summed E-state index contributed by atoms with van der Waals surface area (Å²) in [5.41, 5.74) is 5.75. The topological polar surface area (TPSA) is 100 Å². The summed E-state index contributed by atoms with van der Waals surface area (Å²) in [5, 5.41) is 19.6. The van der Waals surface area contributed by atoms with Gasteiger partial charge in [0.25, 0.3) is 0 Å². The Morgan fingerprint density at radius 2 is 2.06 bits per heavy atom. The molecule has 1 aromatic rings. The molecule has 0 aromatic heterocycles. The Bertz CT molecular complexity index is 484. The van der Waals surface area contributed by atoms with Crippen molar-refractivity contribution in [3.05, 3.63) is 46.5 Å². The van der Waals surface area contributed by atoms with Crippen LogP contribution in [0, 0.1) is 4.91 Å². The third-order valence-electron chi connectivity index (χ3n) is 2.59. The van der Waals surface area contributed by atoms with Crippen molar-refractivity contribution in [3.8, 4) is 0 Å². The van der Waals surface area contributed by atoms with Gasteiger partial charge >= 0.3 is 0 Å². The number of benzene rings is 1. The maximum atomic E-state index is 10.9. The average Bonchev–Trinajstić information content (AvgIpc) is 2.67. The number of hydrogen-bond donors (Lipinski definition) is 2. The number of nitrogens with two attached hydrogens (primary N) is 1. The Labute approximate surface area is 97.8 Å². The van der Waals surface area contributed by atoms with Crippen molar-refractivity contribution in [1.29, 1.82) is 0 Å². The number of azo groups is 1. The van der Waals surface area contributed by atoms with Crippen LogP contribution in [-0.4, -0.2) is 17.4 Å². The van der Waals surface area contributed by atoms with Gasteiger partial charge in [0.05, 0.1) is 0 Å². The highest BCUT2D eigenvalue weighted by Gasteiger charge is 2.38. The minimum absolute atomic E-state index is 0.0674. The van der Waals surface area contributed by atoms with Crippen molar-refractivity contribution in [2.75, 3.05) is 6.61 Å². The van der Waals surface area contributed by atoms with E-state index in [0.29, 0.717) is 5.70 Å². The van der Waals surface area contributed by atoms with E-state index < -0.39 is 5.66 Å². The van der Waals surface area contributed by atoms with E-state index in [2.05, 4.69) is 15.4 Å². The SMILES string of the molecule is NC1(CCO)N=NC(c2ccccc2)=C1N=O. The molecule has 0 saturated carbocycles. The van der Waals surface area contributed by atoms with Gasteiger partial charge in [0, 0.05) is 18.6 Å². The number of aliphatic hydroxyl groups excluding tert-OH is 1. The van der Waals surface area contributed by atoms with Crippen LogP contribution < -0.4 is 5.73 Å². The molecule has 0 aliphatic carbocycles. The average molecular weight is 232 g/mol. The molecule has 1 atom stereocenters. The van der Waals surface area contributed by atoms with E-state index in [1.807, 2.05) is 18.2 Å². The van der Waals surface area contributed by atoms with Crippen LogP contribution in [0.5, 0.6) is 0 Å². The molecule has 1 unspecified atom stereocenters. The molecule has 2 rings (SSSR count). The molecule has 1 heterocycles. The Morgan fingerprint density at radius 1 is 1.35 bits per heavy atom. The van der Waals surface area contributed by atoms with Crippen LogP contribution in [-0.2, 0) is 0 Å². The lowest BCUT2D eigenvalue weighted by Gasteiger charge is -2.17. The Hall–Kier alpha value is -1.92. The van der Waals surface area contributed by atoms with Gasteiger partial charge in [-0.2, -0.15) is 10.2 Å². The highest BCUT2D eigenvalue weighted by atomic mass is 16.3. The molecule has 1 aliphatic heterocycles. The quantitative estimate of drug-likeness (QED) is 0.771. The summed E-state index contributed by atoms with van der Waals surface area (Å²) < 4.78 is 0. The van der Waals surface area contributed by atoms with Gasteiger partial charge in [-0.3, -0.25) is 0 Å². The summed E-state index contributed by atoms with van der Waals surface area (Å²) in [7, 11) is 0. The molecule has 6 nitrogen and oxygen atoms in total. The van der Waals surface area contributed by atoms with Crippen molar-refractivity contribution in [2.24, 2.45) is 21.1 Å². The summed E-state index contributed by atoms with van der Waals surface area (Å²) in [5.74, 6) is 0. The van der Waals surface area contributed by atoms with E-state index in [4.69, 9.17) is 10.8 Å². The van der Waals surface area contributed by atoms with Crippen LogP contribution in [0.4, 0.5) is 0 Å². The van der Waals surface area contributed by atoms with Crippen molar-refractivity contribution in [2.45, 2.75) is 12.1 Å². The maximum absolute atomic E-state index is 10.9. The molecule has 1 aliphatic rings. The fourth-order valence-corrected chi connectivity index (χ4v) is 1.69. The minimum Gasteiger partial charge on any atom is -0.396 e. The molecule has 6 heteroatoms. The molecule has 0 bridgehead atoms. The van der Waals surface area contributed by atoms with Crippen LogP contribution in [0.25, 0.3) is 5.70 Å². The lowest BCUT2D eigenvalue weighted by molar-refractivity contribution is 0.254. The van der Waals surface area contributed by atoms with E-state index in [1.54, 1.807) is 12.1 Å². The molecule has 0 radical (unpaired) electrons. The van der Waals surface area contributed by atoms with Crippen molar-refractivity contribution in [3.63, 3.8) is 0 Å². The molecule has 88 valence electrons. The van der Waals surface area contributed by atoms with Gasteiger partial charge in [-0.05, 0) is 5.18 Å². The standard InChI is InChI=1S/C11H12N4O2/c12-11(6-7-16)10(14-17)9(13-15-11)8-4-2-1-3-5-8/h1-5,16H,6-7,12H2. The number of rotatable bonds is 4. The lowest BCUT2D eigenvalue weighted by atomic mass is 10.0. The zero-order valence-electron chi connectivity index (χ0n) is 9.08. The van der Waals surface area contributed by atoms with E-state index in [1.165, 1.54) is 0 Å². The van der Waals surface area contributed by atoms with Gasteiger partial charge < -0.3 is 10.8 Å². The predicted molar refractivity (Wildman–Crippen MR) is 62.6 cm³/mol. The predicted octanol–water partition coefficient (Wildman–Crippen LogP) is 1.62. The molecule has 3 N–H and O–H groups in total. The van der Waals surface area contributed by atoms with Gasteiger partial charge in [-0.15, -0.1) is 4.91 Å². The fraction of sp³-hybridized carbons (Fsp3) is 0.273. The van der Waals surface area contributed by atoms with Crippen LogP contribution in [0.15, 0.2) is 51.4 Å². The summed E-state index contributed by atoms with van der Waals surface area (Å²) >= 11 is 0. The van der Waals surface area contributed by atoms with Gasteiger partial charge in [-0.25, -0.2) is 0 Å². The van der Waals surface area contributed by atoms with Crippen LogP contribution >= 0.6 is 0 Å². The first-order valence-corrected chi connectivity index (χ1v) is 5.17. The summed E-state index contributed by atoms with van der Waals surface area (Å²) in [6.45, 7) is -0.184. The van der Waals surface area contributed by atoms with E-state index in [-0.39, 0.29) is 18.7 Å². The van der Waals surface area contributed by atoms with E-state index >= 15 is 0 Å². The number of nitrogens with zero attached hydrogens (tertiary/aromatic N) is 3. The van der Waals surface area contributed by atoms with Crippen LogP contribution in [0.3, 0.4) is 0 Å². The lowest BCUT2D eigenvalue weighted by Crippen LogP contribution is -2.38. The maximum Gasteiger partial charge on any atom is 0.180 e. The highest BCUT2D eigenvalue weighted by molar-refractivity contribution is 5.70. The highest BCUT2D eigenvalue weighted by Crippen LogP contribution is 2.36. The molecule has 0 spiro atoms. The zero-order chi connectivity index (χ0) is 12.3. The summed E-state index contributed by atoms with van der Waals surface area (Å²) in [4.78, 5) is 10.9. The monoisotopic (exact) mass is 232 g/mol. The molecule has 0 amide bonds. The smallest absolute Gasteiger partial charge is 0.180 e. The molecule has 0 saturated heterocycles. The first-order valence-electron chi connectivity index (χ1n) is 5.17. The second-order valence-corrected chi connectivity index (χ2v) is 3.75. The third kappa shape index (κ3) is 2.00. The normalized spacial score (nSPS) is 23.2. The summed E-state index contributed by atoms with van der Waals surface area (Å²) in [6, 6.07) is 9.09. The van der Waals surface area contributed by atoms with Crippen molar-refractivity contribution >= 4 is 5.70 Å². The molecule has 0 fully saturated rings. The second-order valence-electron chi connectivity index (χ2n) is 3.75. The Kier molecular flexibility index (Phi) is 3.08. The molecule has 17 heavy (non-hydrogen) atoms. The van der Waals surface area contributed by atoms with Gasteiger partial charge in [0.2, 0.25) is 0 Å². The van der Waals surface area contributed by atoms with E-state index in [9.17, 15) is 4.91 Å². The fourth-order valence-electron chi connectivity index (χ4n) is 1.69. The van der Waals surface area contributed by atoms with Gasteiger partial charge in [-0.1, -0.05) is 30.3 Å². The number of hydrogen-bond acceptors (Lipinski definition) is 6. The molecular weight excluding hydrogens is 220 g/mol. The van der Waals surface area contributed by atoms with E-state index in [0.717, 1.165) is 5.56 Å². The zero-order valence-corrected chi connectivity index (χ0v) is 9.08. The summed E-state index contributed by atoms with van der Waals surface area (Å²) in [6.07, 6.45) is 0.119. The largest absolute Gasteiger partial charge is 0.396 e. The first-order chi connectivity index (χ1) is 8.21. The van der Waals surface area contributed by atoms with Gasteiger partial charge in [0.15, 0.2) is 11.4 Å². The minimum atomic E-state index is -1.30.